The van der Waals surface area contributed by atoms with E-state index in [1.165, 1.54) is 10.1 Å². The van der Waals surface area contributed by atoms with Crippen molar-refractivity contribution in [2.45, 2.75) is 0 Å². The molecule has 6 N–H and O–H groups in total. The van der Waals surface area contributed by atoms with Gasteiger partial charge in [0.15, 0.2) is 0 Å². The van der Waals surface area contributed by atoms with Gasteiger partial charge in [-0.2, -0.15) is 5.53 Å². The van der Waals surface area contributed by atoms with Gasteiger partial charge in [0.2, 0.25) is 5.11 Å². The lowest BCUT2D eigenvalue weighted by atomic mass is 11.0. The zero-order chi connectivity index (χ0) is 6.85. The molecule has 1 rings (SSSR count). The van der Waals surface area contributed by atoms with Crippen molar-refractivity contribution in [3.05, 3.63) is 0 Å². The Morgan fingerprint density at radius 1 is 1.78 bits per heavy atom. The molecule has 0 aromatic carbocycles. The van der Waals surface area contributed by atoms with E-state index in [1.54, 1.807) is 0 Å². The topological polar surface area (TPSA) is 82.6 Å². The van der Waals surface area contributed by atoms with E-state index in [9.17, 15) is 0 Å². The molecule has 6 nitrogen and oxygen atoms in total. The largest absolute Gasteiger partial charge is 0.278 e. The Morgan fingerprint density at radius 3 is 2.67 bits per heavy atom. The first-order valence-corrected chi connectivity index (χ1v) is 2.71. The SMILES string of the molecule is NNN1CN(N)C(=S)N1. The third kappa shape index (κ3) is 1.26. The van der Waals surface area contributed by atoms with Crippen molar-refractivity contribution in [3.63, 3.8) is 0 Å². The summed E-state index contributed by atoms with van der Waals surface area (Å²) in [4.78, 5) is 0. The first kappa shape index (κ1) is 6.65. The second kappa shape index (κ2) is 2.42. The third-order valence-electron chi connectivity index (χ3n) is 0.941. The highest BCUT2D eigenvalue weighted by atomic mass is 32.1. The molecule has 0 unspecified atom stereocenters. The van der Waals surface area contributed by atoms with Crippen LogP contribution in [0.15, 0.2) is 0 Å². The molecule has 0 radical (unpaired) electrons. The summed E-state index contributed by atoms with van der Waals surface area (Å²) in [5.41, 5.74) is 5.02. The van der Waals surface area contributed by atoms with Gasteiger partial charge in [-0.25, -0.2) is 5.84 Å². The van der Waals surface area contributed by atoms with Crippen molar-refractivity contribution in [3.8, 4) is 0 Å². The average molecular weight is 148 g/mol. The standard InChI is InChI=1S/C2H8N6S/c3-6-8-1-7(4)2(9)5-8/h6H,1,3-4H2,(H,5,9). The van der Waals surface area contributed by atoms with Crippen LogP contribution in [0.4, 0.5) is 0 Å². The summed E-state index contributed by atoms with van der Waals surface area (Å²) in [5.74, 6) is 10.4. The molecule has 0 aromatic rings. The summed E-state index contributed by atoms with van der Waals surface area (Å²) >= 11 is 4.74. The normalized spacial score (nSPS) is 20.7. The van der Waals surface area contributed by atoms with Gasteiger partial charge in [-0.05, 0) is 12.2 Å². The highest BCUT2D eigenvalue weighted by Crippen LogP contribution is 1.91. The molecule has 1 heterocycles. The summed E-state index contributed by atoms with van der Waals surface area (Å²) in [6.45, 7) is 0.440. The van der Waals surface area contributed by atoms with E-state index in [1.807, 2.05) is 0 Å². The number of hydrogen-bond acceptors (Lipinski definition) is 5. The predicted octanol–water partition coefficient (Wildman–Crippen LogP) is -2.40. The lowest BCUT2D eigenvalue weighted by Gasteiger charge is -2.09. The van der Waals surface area contributed by atoms with Gasteiger partial charge < -0.3 is 0 Å². The number of nitrogens with zero attached hydrogens (tertiary/aromatic N) is 2. The first-order valence-electron chi connectivity index (χ1n) is 2.30. The summed E-state index contributed by atoms with van der Waals surface area (Å²) in [7, 11) is 0. The van der Waals surface area contributed by atoms with Crippen LogP contribution < -0.4 is 22.6 Å². The van der Waals surface area contributed by atoms with Crippen LogP contribution in [0.1, 0.15) is 0 Å². The van der Waals surface area contributed by atoms with Gasteiger partial charge in [0.25, 0.3) is 0 Å². The van der Waals surface area contributed by atoms with E-state index < -0.39 is 0 Å². The van der Waals surface area contributed by atoms with E-state index in [0.717, 1.165) is 0 Å². The molecule has 1 fully saturated rings. The van der Waals surface area contributed by atoms with Crippen LogP contribution in [-0.2, 0) is 0 Å². The molecule has 0 spiro atoms. The summed E-state index contributed by atoms with van der Waals surface area (Å²) in [6, 6.07) is 0. The maximum Gasteiger partial charge on any atom is 0.200 e. The molecular formula is C2H8N6S. The summed E-state index contributed by atoms with van der Waals surface area (Å²) in [5, 5.41) is 3.27. The Morgan fingerprint density at radius 2 is 2.44 bits per heavy atom. The Bertz CT molecular complexity index is 124. The molecule has 1 aliphatic heterocycles. The minimum atomic E-state index is 0.440. The molecule has 0 bridgehead atoms. The molecule has 0 amide bonds. The Hall–Kier alpha value is -0.470. The highest BCUT2D eigenvalue weighted by molar-refractivity contribution is 7.80. The van der Waals surface area contributed by atoms with Crippen LogP contribution in [0, 0.1) is 0 Å². The number of nitrogens with one attached hydrogen (secondary N) is 2. The van der Waals surface area contributed by atoms with Gasteiger partial charge in [-0.15, -0.1) is 5.12 Å². The minimum absolute atomic E-state index is 0.440. The summed E-state index contributed by atoms with van der Waals surface area (Å²) in [6.07, 6.45) is 0. The minimum Gasteiger partial charge on any atom is -0.278 e. The third-order valence-corrected chi connectivity index (χ3v) is 1.27. The monoisotopic (exact) mass is 148 g/mol. The van der Waals surface area contributed by atoms with Crippen molar-refractivity contribution < 1.29 is 0 Å². The van der Waals surface area contributed by atoms with Crippen molar-refractivity contribution >= 4 is 17.3 Å². The number of rotatable bonds is 1. The maximum absolute atomic E-state index is 5.34. The smallest absolute Gasteiger partial charge is 0.200 e. The van der Waals surface area contributed by atoms with Gasteiger partial charge in [0, 0.05) is 0 Å². The average Bonchev–Trinajstić information content (AvgIpc) is 2.13. The molecule has 0 saturated carbocycles. The molecular weight excluding hydrogens is 140 g/mol. The van der Waals surface area contributed by atoms with E-state index >= 15 is 0 Å². The van der Waals surface area contributed by atoms with Gasteiger partial charge in [-0.1, -0.05) is 0 Å². The van der Waals surface area contributed by atoms with Gasteiger partial charge in [-0.3, -0.25) is 16.3 Å². The highest BCUT2D eigenvalue weighted by Gasteiger charge is 2.18. The van der Waals surface area contributed by atoms with E-state index in [-0.39, 0.29) is 0 Å². The number of nitrogens with two attached hydrogens (primary N) is 2. The molecule has 1 saturated heterocycles. The number of hydrazine groups is 4. The van der Waals surface area contributed by atoms with Gasteiger partial charge >= 0.3 is 0 Å². The van der Waals surface area contributed by atoms with E-state index in [0.29, 0.717) is 11.8 Å². The summed E-state index contributed by atoms with van der Waals surface area (Å²) < 4.78 is 0. The van der Waals surface area contributed by atoms with Crippen molar-refractivity contribution in [2.75, 3.05) is 6.67 Å². The van der Waals surface area contributed by atoms with Crippen molar-refractivity contribution in [2.24, 2.45) is 11.7 Å². The van der Waals surface area contributed by atoms with Gasteiger partial charge in [0.1, 0.15) is 6.67 Å². The quantitative estimate of drug-likeness (QED) is 0.187. The molecule has 0 aromatic heterocycles. The van der Waals surface area contributed by atoms with Crippen molar-refractivity contribution in [1.82, 2.24) is 21.1 Å². The van der Waals surface area contributed by atoms with E-state index in [4.69, 9.17) is 23.9 Å². The van der Waals surface area contributed by atoms with Crippen LogP contribution in [0.5, 0.6) is 0 Å². The van der Waals surface area contributed by atoms with Crippen LogP contribution in [0.2, 0.25) is 0 Å². The number of thiocarbonyl (C=S) groups is 1. The fraction of sp³-hybridized carbons (Fsp3) is 0.500. The van der Waals surface area contributed by atoms with Crippen LogP contribution in [0.25, 0.3) is 0 Å². The van der Waals surface area contributed by atoms with Crippen molar-refractivity contribution in [1.29, 1.82) is 0 Å². The fourth-order valence-electron chi connectivity index (χ4n) is 0.505. The zero-order valence-electron chi connectivity index (χ0n) is 4.66. The second-order valence-corrected chi connectivity index (χ2v) is 1.97. The fourth-order valence-corrected chi connectivity index (χ4v) is 0.673. The van der Waals surface area contributed by atoms with E-state index in [2.05, 4.69) is 11.0 Å². The predicted molar refractivity (Wildman–Crippen MR) is 35.8 cm³/mol. The van der Waals surface area contributed by atoms with Crippen LogP contribution in [0.3, 0.4) is 0 Å². The lowest BCUT2D eigenvalue weighted by molar-refractivity contribution is 0.145. The molecule has 0 atom stereocenters. The molecule has 7 heteroatoms. The first-order chi connectivity index (χ1) is 4.24. The Balaban J connectivity index is 2.44. The van der Waals surface area contributed by atoms with Crippen LogP contribution in [-0.4, -0.2) is 21.9 Å². The Kier molecular flexibility index (Phi) is 1.78. The van der Waals surface area contributed by atoms with Crippen LogP contribution >= 0.6 is 12.2 Å². The molecule has 9 heavy (non-hydrogen) atoms. The zero-order valence-corrected chi connectivity index (χ0v) is 5.48. The van der Waals surface area contributed by atoms with Gasteiger partial charge in [0.05, 0.1) is 0 Å². The maximum atomic E-state index is 5.34. The Labute approximate surface area is 57.6 Å². The molecule has 0 aliphatic carbocycles. The molecule has 1 aliphatic rings. The number of hydrogen-bond donors (Lipinski definition) is 4. The lowest BCUT2D eigenvalue weighted by Crippen LogP contribution is -2.48. The molecule has 52 valence electrons. The second-order valence-electron chi connectivity index (χ2n) is 1.59.